The highest BCUT2D eigenvalue weighted by Crippen LogP contribution is 2.36. The van der Waals surface area contributed by atoms with Gasteiger partial charge in [-0.15, -0.1) is 0 Å². The Hall–Kier alpha value is -2.97. The van der Waals surface area contributed by atoms with Crippen LogP contribution in [0.2, 0.25) is 0 Å². The summed E-state index contributed by atoms with van der Waals surface area (Å²) in [6.07, 6.45) is -3.81. The SMILES string of the molecule is CC(=O)N[C@@H]1[C@@H](Oc2cccc3ccccc23)O[C@@H]2CO[C@H](c3ccccc3)O[C@@H]2[C@@H]1O. The van der Waals surface area contributed by atoms with E-state index in [9.17, 15) is 9.90 Å². The average Bonchev–Trinajstić information content (AvgIpc) is 2.82. The molecule has 7 heteroatoms. The van der Waals surface area contributed by atoms with Crippen molar-refractivity contribution in [2.45, 2.75) is 43.9 Å². The summed E-state index contributed by atoms with van der Waals surface area (Å²) in [5.41, 5.74) is 0.850. The van der Waals surface area contributed by atoms with Crippen molar-refractivity contribution < 1.29 is 28.8 Å². The minimum absolute atomic E-state index is 0.226. The van der Waals surface area contributed by atoms with E-state index >= 15 is 0 Å². The molecule has 2 fully saturated rings. The summed E-state index contributed by atoms with van der Waals surface area (Å²) in [5, 5.41) is 15.9. The lowest BCUT2D eigenvalue weighted by atomic mass is 9.95. The third kappa shape index (κ3) is 4.08. The van der Waals surface area contributed by atoms with Gasteiger partial charge in [0.25, 0.3) is 0 Å². The predicted molar refractivity (Wildman–Crippen MR) is 117 cm³/mol. The Kier molecular flexibility index (Phi) is 5.80. The highest BCUT2D eigenvalue weighted by Gasteiger charge is 2.50. The van der Waals surface area contributed by atoms with Gasteiger partial charge in [-0.25, -0.2) is 0 Å². The summed E-state index contributed by atoms with van der Waals surface area (Å²) in [5.74, 6) is 0.309. The smallest absolute Gasteiger partial charge is 0.223 e. The standard InChI is InChI=1S/C25H25NO6/c1-15(27)26-21-22(28)23-20(14-29-24(32-23)17-9-3-2-4-10-17)31-25(21)30-19-13-7-11-16-8-5-6-12-18(16)19/h2-13,20-25,28H,14H2,1H3,(H,26,27)/t20-,21+,22-,23+,24+,25+/m1/s1. The molecular weight excluding hydrogens is 410 g/mol. The van der Waals surface area contributed by atoms with Crippen LogP contribution in [-0.2, 0) is 19.0 Å². The van der Waals surface area contributed by atoms with E-state index in [0.29, 0.717) is 5.75 Å². The number of ether oxygens (including phenoxy) is 4. The molecule has 3 aromatic rings. The van der Waals surface area contributed by atoms with Crippen molar-refractivity contribution in [1.29, 1.82) is 0 Å². The zero-order valence-electron chi connectivity index (χ0n) is 17.6. The van der Waals surface area contributed by atoms with Crippen LogP contribution in [0.1, 0.15) is 18.8 Å². The molecule has 0 aliphatic carbocycles. The fraction of sp³-hybridized carbons (Fsp3) is 0.320. The van der Waals surface area contributed by atoms with Crippen LogP contribution in [0.25, 0.3) is 10.8 Å². The lowest BCUT2D eigenvalue weighted by Gasteiger charge is -2.47. The van der Waals surface area contributed by atoms with Crippen molar-refractivity contribution in [2.24, 2.45) is 0 Å². The molecule has 0 spiro atoms. The van der Waals surface area contributed by atoms with Crippen molar-refractivity contribution >= 4 is 16.7 Å². The minimum Gasteiger partial charge on any atom is -0.462 e. The molecule has 0 aromatic heterocycles. The molecule has 2 saturated heterocycles. The van der Waals surface area contributed by atoms with Gasteiger partial charge in [0, 0.05) is 17.9 Å². The van der Waals surface area contributed by atoms with Crippen LogP contribution < -0.4 is 10.1 Å². The predicted octanol–water partition coefficient (Wildman–Crippen LogP) is 2.92. The van der Waals surface area contributed by atoms with Gasteiger partial charge < -0.3 is 29.4 Å². The van der Waals surface area contributed by atoms with E-state index in [1.165, 1.54) is 6.92 Å². The Morgan fingerprint density at radius 2 is 1.75 bits per heavy atom. The lowest BCUT2D eigenvalue weighted by Crippen LogP contribution is -2.67. The van der Waals surface area contributed by atoms with Crippen LogP contribution >= 0.6 is 0 Å². The number of rotatable bonds is 4. The number of hydrogen-bond acceptors (Lipinski definition) is 6. The minimum atomic E-state index is -1.05. The van der Waals surface area contributed by atoms with Gasteiger partial charge >= 0.3 is 0 Å². The first-order valence-corrected chi connectivity index (χ1v) is 10.7. The molecule has 0 bridgehead atoms. The number of benzene rings is 3. The Labute approximate surface area is 185 Å². The second-order valence-electron chi connectivity index (χ2n) is 8.03. The summed E-state index contributed by atoms with van der Waals surface area (Å²) in [7, 11) is 0. The van der Waals surface area contributed by atoms with Gasteiger partial charge in [0.05, 0.1) is 6.61 Å². The molecule has 1 amide bonds. The van der Waals surface area contributed by atoms with Crippen molar-refractivity contribution in [3.8, 4) is 5.75 Å². The van der Waals surface area contributed by atoms with E-state index < -0.39 is 36.9 Å². The molecule has 32 heavy (non-hydrogen) atoms. The van der Waals surface area contributed by atoms with Gasteiger partial charge in [-0.05, 0) is 11.5 Å². The van der Waals surface area contributed by atoms with Gasteiger partial charge in [0.2, 0.25) is 12.2 Å². The molecule has 7 nitrogen and oxygen atoms in total. The maximum absolute atomic E-state index is 11.9. The number of fused-ring (bicyclic) bond motifs is 2. The Bertz CT molecular complexity index is 1080. The molecule has 6 atom stereocenters. The van der Waals surface area contributed by atoms with Crippen molar-refractivity contribution in [3.63, 3.8) is 0 Å². The van der Waals surface area contributed by atoms with Gasteiger partial charge in [-0.2, -0.15) is 0 Å². The maximum Gasteiger partial charge on any atom is 0.223 e. The maximum atomic E-state index is 11.9. The number of aliphatic hydroxyl groups is 1. The molecule has 2 N–H and O–H groups in total. The number of nitrogens with one attached hydrogen (secondary N) is 1. The summed E-state index contributed by atoms with van der Waals surface area (Å²) < 4.78 is 24.3. The normalized spacial score (nSPS) is 29.8. The van der Waals surface area contributed by atoms with Gasteiger partial charge in [0.15, 0.2) is 6.29 Å². The Morgan fingerprint density at radius 3 is 2.56 bits per heavy atom. The van der Waals surface area contributed by atoms with Crippen molar-refractivity contribution in [3.05, 3.63) is 78.4 Å². The van der Waals surface area contributed by atoms with E-state index in [1.807, 2.05) is 72.8 Å². The monoisotopic (exact) mass is 435 g/mol. The lowest BCUT2D eigenvalue weighted by molar-refractivity contribution is -0.333. The Balaban J connectivity index is 1.40. The molecule has 0 saturated carbocycles. The number of hydrogen-bond donors (Lipinski definition) is 2. The molecule has 2 heterocycles. The van der Waals surface area contributed by atoms with Gasteiger partial charge in [-0.1, -0.05) is 66.7 Å². The second kappa shape index (κ2) is 8.88. The molecule has 2 aliphatic rings. The molecule has 0 radical (unpaired) electrons. The van der Waals surface area contributed by atoms with E-state index in [0.717, 1.165) is 16.3 Å². The first kappa shape index (κ1) is 20.9. The van der Waals surface area contributed by atoms with Crippen molar-refractivity contribution in [2.75, 3.05) is 6.61 Å². The molecule has 5 rings (SSSR count). The number of amides is 1. The van der Waals surface area contributed by atoms with Crippen LogP contribution in [0, 0.1) is 0 Å². The summed E-state index contributed by atoms with van der Waals surface area (Å²) in [4.78, 5) is 11.9. The van der Waals surface area contributed by atoms with Crippen LogP contribution in [-0.4, -0.2) is 48.3 Å². The van der Waals surface area contributed by atoms with E-state index in [1.54, 1.807) is 0 Å². The Morgan fingerprint density at radius 1 is 1.00 bits per heavy atom. The fourth-order valence-electron chi connectivity index (χ4n) is 4.28. The molecule has 2 aliphatic heterocycles. The van der Waals surface area contributed by atoms with Gasteiger partial charge in [0.1, 0.15) is 30.1 Å². The first-order valence-electron chi connectivity index (χ1n) is 10.7. The van der Waals surface area contributed by atoms with Crippen molar-refractivity contribution in [1.82, 2.24) is 5.32 Å². The average molecular weight is 435 g/mol. The summed E-state index contributed by atoms with van der Waals surface area (Å²) in [6, 6.07) is 22.3. The van der Waals surface area contributed by atoms with E-state index in [-0.39, 0.29) is 12.5 Å². The van der Waals surface area contributed by atoms with Crippen LogP contribution in [0.3, 0.4) is 0 Å². The van der Waals surface area contributed by atoms with Crippen LogP contribution in [0.15, 0.2) is 72.8 Å². The highest BCUT2D eigenvalue weighted by molar-refractivity contribution is 5.88. The first-order chi connectivity index (χ1) is 15.6. The zero-order valence-corrected chi connectivity index (χ0v) is 17.6. The van der Waals surface area contributed by atoms with Crippen LogP contribution in [0.5, 0.6) is 5.75 Å². The molecular formula is C25H25NO6. The highest BCUT2D eigenvalue weighted by atomic mass is 16.7. The fourth-order valence-corrected chi connectivity index (χ4v) is 4.28. The largest absolute Gasteiger partial charge is 0.462 e. The number of aliphatic hydroxyl groups excluding tert-OH is 1. The topological polar surface area (TPSA) is 86.3 Å². The number of carbonyl (C=O) groups excluding carboxylic acids is 1. The third-order valence-corrected chi connectivity index (χ3v) is 5.80. The number of carbonyl (C=O) groups is 1. The van der Waals surface area contributed by atoms with E-state index in [2.05, 4.69) is 5.32 Å². The molecule has 3 aromatic carbocycles. The zero-order chi connectivity index (χ0) is 22.1. The summed E-state index contributed by atoms with van der Waals surface area (Å²) in [6.45, 7) is 1.62. The summed E-state index contributed by atoms with van der Waals surface area (Å²) >= 11 is 0. The second-order valence-corrected chi connectivity index (χ2v) is 8.03. The third-order valence-electron chi connectivity index (χ3n) is 5.80. The molecule has 0 unspecified atom stereocenters. The quantitative estimate of drug-likeness (QED) is 0.656. The van der Waals surface area contributed by atoms with E-state index in [4.69, 9.17) is 18.9 Å². The van der Waals surface area contributed by atoms with Crippen LogP contribution in [0.4, 0.5) is 0 Å². The molecule has 166 valence electrons. The van der Waals surface area contributed by atoms with Gasteiger partial charge in [-0.3, -0.25) is 4.79 Å².